The van der Waals surface area contributed by atoms with Crippen LogP contribution >= 0.6 is 11.3 Å². The molecule has 0 saturated carbocycles. The Bertz CT molecular complexity index is 3670. The molecule has 0 atom stereocenters. The summed E-state index contributed by atoms with van der Waals surface area (Å²) in [6.07, 6.45) is 2.28. The van der Waals surface area contributed by atoms with E-state index in [1.165, 1.54) is 47.6 Å². The van der Waals surface area contributed by atoms with Gasteiger partial charge in [0.1, 0.15) is 11.2 Å². The minimum atomic E-state index is 0.602. The number of rotatable bonds is 4. The van der Waals surface area contributed by atoms with Gasteiger partial charge in [-0.05, 0) is 93.4 Å². The number of thiophene rings is 1. The molecule has 0 radical (unpaired) electrons. The van der Waals surface area contributed by atoms with Gasteiger partial charge in [-0.2, -0.15) is 0 Å². The Morgan fingerprint density at radius 2 is 1.31 bits per heavy atom. The Kier molecular flexibility index (Phi) is 6.63. The monoisotopic (exact) mass is 758 g/mol. The van der Waals surface area contributed by atoms with Gasteiger partial charge in [0, 0.05) is 64.7 Å². The van der Waals surface area contributed by atoms with Crippen molar-refractivity contribution in [3.63, 3.8) is 0 Å². The van der Waals surface area contributed by atoms with Crippen molar-refractivity contribution in [3.05, 3.63) is 192 Å². The van der Waals surface area contributed by atoms with Crippen LogP contribution in [0.5, 0.6) is 0 Å². The third-order valence-corrected chi connectivity index (χ3v) is 13.3. The lowest BCUT2D eigenvalue weighted by atomic mass is 9.88. The molecule has 0 amide bonds. The average molecular weight is 759 g/mol. The second-order valence-electron chi connectivity index (χ2n) is 15.3. The smallest absolute Gasteiger partial charge is 0.137 e. The fourth-order valence-electron chi connectivity index (χ4n) is 9.50. The second-order valence-corrected chi connectivity index (χ2v) is 16.3. The van der Waals surface area contributed by atoms with Gasteiger partial charge in [0.25, 0.3) is 0 Å². The van der Waals surface area contributed by atoms with Crippen LogP contribution in [0.2, 0.25) is 0 Å². The number of hydrogen-bond donors (Lipinski definition) is 1. The number of benzene rings is 8. The zero-order valence-corrected chi connectivity index (χ0v) is 32.0. The van der Waals surface area contributed by atoms with E-state index in [9.17, 15) is 0 Å². The molecule has 0 bridgehead atoms. The normalized spacial score (nSPS) is 13.0. The first-order valence-corrected chi connectivity index (χ1v) is 20.6. The minimum Gasteiger partial charge on any atom is -0.680 e. The first-order chi connectivity index (χ1) is 28.7. The summed E-state index contributed by atoms with van der Waals surface area (Å²) in [6.45, 7) is 0.602. The maximum absolute atomic E-state index is 6.96. The third-order valence-electron chi connectivity index (χ3n) is 12.1. The van der Waals surface area contributed by atoms with E-state index < -0.39 is 0 Å². The van der Waals surface area contributed by atoms with Crippen LogP contribution < -0.4 is 0 Å². The maximum atomic E-state index is 6.96. The number of aromatic nitrogens is 2. The van der Waals surface area contributed by atoms with E-state index in [4.69, 9.17) is 9.73 Å². The van der Waals surface area contributed by atoms with Crippen LogP contribution in [0.25, 0.3) is 114 Å². The summed E-state index contributed by atoms with van der Waals surface area (Å²) in [5.74, 6) is 0. The van der Waals surface area contributed by atoms with E-state index in [0.29, 0.717) is 6.54 Å². The van der Waals surface area contributed by atoms with Crippen LogP contribution in [0.1, 0.15) is 11.1 Å². The molecule has 1 N–H and O–H groups in total. The highest BCUT2D eigenvalue weighted by atomic mass is 32.1. The van der Waals surface area contributed by atoms with Crippen molar-refractivity contribution in [3.8, 4) is 28.1 Å². The average Bonchev–Trinajstić information content (AvgIpc) is 4.06. The number of furan rings is 1. The fraction of sp³-hybridized carbons (Fsp3) is 0.0189. The summed E-state index contributed by atoms with van der Waals surface area (Å²) < 4.78 is 12.0. The number of fused-ring (bicyclic) bond motifs is 13. The van der Waals surface area contributed by atoms with Crippen LogP contribution in [0, 0.1) is 0 Å². The van der Waals surface area contributed by atoms with Gasteiger partial charge in [0.2, 0.25) is 0 Å². The number of nitrogens with zero attached hydrogens (tertiary/aromatic N) is 2. The summed E-state index contributed by atoms with van der Waals surface area (Å²) in [4.78, 5) is 3.65. The summed E-state index contributed by atoms with van der Waals surface area (Å²) in [5.41, 5.74) is 15.3. The molecule has 1 aliphatic heterocycles. The van der Waals surface area contributed by atoms with Crippen LogP contribution in [0.15, 0.2) is 180 Å². The molecular weight excluding hydrogens is 727 g/mol. The zero-order chi connectivity index (χ0) is 37.9. The Labute approximate surface area is 336 Å². The van der Waals surface area contributed by atoms with E-state index in [1.807, 2.05) is 11.3 Å². The quantitative estimate of drug-likeness (QED) is 0.191. The molecule has 4 aromatic heterocycles. The lowest BCUT2D eigenvalue weighted by Crippen LogP contribution is -1.98. The van der Waals surface area contributed by atoms with Gasteiger partial charge in [-0.25, -0.2) is 0 Å². The molecule has 0 spiro atoms. The standard InChI is InChI=1S/C53H32N3OS/c1-3-11-31(12-4-1)33-27-41(35-25-26-54-52-37(35)21-23-43-42(52)30-44(55-43)32-13-5-2-6-14-32)50-40-20-19-34(29-47(40)57-48(50)28-33)56-45-17-9-7-16-39(45)51-46(56)24-22-38-36-15-8-10-18-49(36)58-53(38)51/h1-25,27-30,55H,26H2/q-1. The Balaban J connectivity index is 1.03. The van der Waals surface area contributed by atoms with E-state index in [-0.39, 0.29) is 0 Å². The molecule has 272 valence electrons. The minimum absolute atomic E-state index is 0.602. The van der Waals surface area contributed by atoms with Crippen LogP contribution in [-0.2, 0) is 0 Å². The van der Waals surface area contributed by atoms with Gasteiger partial charge >= 0.3 is 0 Å². The highest BCUT2D eigenvalue weighted by Crippen LogP contribution is 2.48. The first-order valence-electron chi connectivity index (χ1n) is 19.7. The molecule has 13 rings (SSSR count). The SMILES string of the molecule is C1=C(c2cc(-c3ccccc3)cc3oc4cc(-n5c6ccccc6c6c7sc8ccccc8c7ccc65)ccc4c23)c2ccc3[nH]c(-c4ccccc4)cc3c2[N-]C1. The highest BCUT2D eigenvalue weighted by Gasteiger charge is 2.22. The Morgan fingerprint density at radius 1 is 0.534 bits per heavy atom. The van der Waals surface area contributed by atoms with Crippen molar-refractivity contribution >= 4 is 97.4 Å². The van der Waals surface area contributed by atoms with Crippen LogP contribution in [0.4, 0.5) is 5.69 Å². The number of H-pyrrole nitrogens is 1. The number of para-hydroxylation sites is 1. The van der Waals surface area contributed by atoms with Crippen molar-refractivity contribution in [1.82, 2.24) is 9.55 Å². The van der Waals surface area contributed by atoms with Gasteiger partial charge in [-0.15, -0.1) is 23.6 Å². The molecule has 5 heteroatoms. The molecule has 5 heterocycles. The van der Waals surface area contributed by atoms with Gasteiger partial charge in [0.15, 0.2) is 0 Å². The van der Waals surface area contributed by atoms with Gasteiger partial charge in [0.05, 0.1) is 11.0 Å². The topological polar surface area (TPSA) is 48.0 Å². The molecule has 8 aromatic carbocycles. The summed E-state index contributed by atoms with van der Waals surface area (Å²) in [7, 11) is 0. The summed E-state index contributed by atoms with van der Waals surface area (Å²) >= 11 is 1.88. The summed E-state index contributed by atoms with van der Waals surface area (Å²) in [6, 6.07) is 61.3. The zero-order valence-electron chi connectivity index (χ0n) is 31.2. The molecule has 0 saturated heterocycles. The molecule has 0 unspecified atom stereocenters. The lowest BCUT2D eigenvalue weighted by molar-refractivity contribution is 0.669. The van der Waals surface area contributed by atoms with Crippen molar-refractivity contribution in [2.45, 2.75) is 0 Å². The number of aromatic amines is 1. The molecule has 0 fully saturated rings. The van der Waals surface area contributed by atoms with Crippen molar-refractivity contribution in [2.24, 2.45) is 0 Å². The molecule has 12 aromatic rings. The van der Waals surface area contributed by atoms with Gasteiger partial charge < -0.3 is 19.3 Å². The highest BCUT2D eigenvalue weighted by molar-refractivity contribution is 7.26. The molecule has 58 heavy (non-hydrogen) atoms. The largest absolute Gasteiger partial charge is 0.680 e. The van der Waals surface area contributed by atoms with Gasteiger partial charge in [-0.3, -0.25) is 0 Å². The van der Waals surface area contributed by atoms with Gasteiger partial charge in [-0.1, -0.05) is 115 Å². The van der Waals surface area contributed by atoms with Crippen LogP contribution in [0.3, 0.4) is 0 Å². The molecule has 0 aliphatic carbocycles. The van der Waals surface area contributed by atoms with Crippen molar-refractivity contribution < 1.29 is 4.42 Å². The third kappa shape index (κ3) is 4.56. The van der Waals surface area contributed by atoms with Crippen LogP contribution in [-0.4, -0.2) is 16.1 Å². The molecular formula is C53H32N3OS-. The Hall–Kier alpha value is -7.34. The number of nitrogens with one attached hydrogen (secondary N) is 1. The van der Waals surface area contributed by atoms with Crippen molar-refractivity contribution in [1.29, 1.82) is 0 Å². The fourth-order valence-corrected chi connectivity index (χ4v) is 10.8. The molecule has 1 aliphatic rings. The van der Waals surface area contributed by atoms with E-state index >= 15 is 0 Å². The lowest BCUT2D eigenvalue weighted by Gasteiger charge is -2.31. The van der Waals surface area contributed by atoms with E-state index in [2.05, 4.69) is 185 Å². The first kappa shape index (κ1) is 31.8. The van der Waals surface area contributed by atoms with E-state index in [1.54, 1.807) is 0 Å². The predicted octanol–water partition coefficient (Wildman–Crippen LogP) is 15.3. The van der Waals surface area contributed by atoms with E-state index in [0.717, 1.165) is 77.7 Å². The van der Waals surface area contributed by atoms with Crippen molar-refractivity contribution in [2.75, 3.05) is 6.54 Å². The summed E-state index contributed by atoms with van der Waals surface area (Å²) in [5, 5.41) is 13.7. The number of hydrogen-bond acceptors (Lipinski definition) is 2. The Morgan fingerprint density at radius 3 is 2.19 bits per heavy atom. The second kappa shape index (κ2) is 12.1. The predicted molar refractivity (Wildman–Crippen MR) is 245 cm³/mol. The maximum Gasteiger partial charge on any atom is 0.137 e. The molecule has 4 nitrogen and oxygen atoms in total.